The Morgan fingerprint density at radius 2 is 1.88 bits per heavy atom. The molecule has 84 valence electrons. The van der Waals surface area contributed by atoms with E-state index >= 15 is 0 Å². The first kappa shape index (κ1) is 12.7. The second-order valence-corrected chi connectivity index (χ2v) is 6.70. The van der Waals surface area contributed by atoms with E-state index in [1.54, 1.807) is 17.4 Å². The van der Waals surface area contributed by atoms with Gasteiger partial charge in [-0.05, 0) is 39.5 Å². The Morgan fingerprint density at radius 1 is 1.12 bits per heavy atom. The minimum atomic E-state index is -0.212. The van der Waals surface area contributed by atoms with E-state index in [1.165, 1.54) is 6.07 Å². The first-order valence-electron chi connectivity index (χ1n) is 4.42. The van der Waals surface area contributed by atoms with E-state index in [1.807, 2.05) is 17.5 Å². The van der Waals surface area contributed by atoms with Gasteiger partial charge in [-0.3, -0.25) is 0 Å². The Kier molecular flexibility index (Phi) is 4.21. The highest BCUT2D eigenvalue weighted by atomic mass is 79.9. The molecule has 0 saturated carbocycles. The van der Waals surface area contributed by atoms with Crippen LogP contribution in [-0.2, 0) is 0 Å². The predicted octanol–water partition coefficient (Wildman–Crippen LogP) is 5.90. The van der Waals surface area contributed by atoms with Crippen LogP contribution in [-0.4, -0.2) is 0 Å². The van der Waals surface area contributed by atoms with Crippen molar-refractivity contribution in [2.45, 2.75) is 4.83 Å². The van der Waals surface area contributed by atoms with Crippen LogP contribution >= 0.6 is 59.1 Å². The molecule has 0 spiro atoms. The second-order valence-electron chi connectivity index (χ2n) is 3.13. The van der Waals surface area contributed by atoms with Crippen LogP contribution in [0.4, 0.5) is 4.39 Å². The van der Waals surface area contributed by atoms with Gasteiger partial charge in [-0.25, -0.2) is 4.39 Å². The van der Waals surface area contributed by atoms with Gasteiger partial charge in [0.25, 0.3) is 0 Å². The van der Waals surface area contributed by atoms with Gasteiger partial charge in [0.1, 0.15) is 5.82 Å². The summed E-state index contributed by atoms with van der Waals surface area (Å²) in [5.41, 5.74) is 0.630. The maximum Gasteiger partial charge on any atom is 0.129 e. The molecule has 1 heterocycles. The van der Waals surface area contributed by atoms with Crippen molar-refractivity contribution in [3.05, 3.63) is 54.8 Å². The number of alkyl halides is 1. The topological polar surface area (TPSA) is 0 Å². The number of rotatable bonds is 2. The minimum absolute atomic E-state index is 0.141. The molecule has 2 rings (SSSR count). The fourth-order valence-electron chi connectivity index (χ4n) is 1.37. The van der Waals surface area contributed by atoms with Crippen molar-refractivity contribution in [2.24, 2.45) is 0 Å². The minimum Gasteiger partial charge on any atom is -0.207 e. The van der Waals surface area contributed by atoms with E-state index in [9.17, 15) is 4.39 Å². The van der Waals surface area contributed by atoms with Crippen molar-refractivity contribution in [3.63, 3.8) is 0 Å². The third-order valence-corrected chi connectivity index (χ3v) is 5.97. The maximum atomic E-state index is 13.8. The third-order valence-electron chi connectivity index (χ3n) is 2.13. The fraction of sp³-hybridized carbons (Fsp3) is 0.0909. The highest BCUT2D eigenvalue weighted by Crippen LogP contribution is 2.42. The standard InChI is InChI=1S/C11H6Br3FS/c12-6-2-1-3-8(15)9(6)10(14)11-7(13)4-5-16-11/h1-5,10H. The summed E-state index contributed by atoms with van der Waals surface area (Å²) in [7, 11) is 0. The molecule has 0 radical (unpaired) electrons. The summed E-state index contributed by atoms with van der Waals surface area (Å²) in [6, 6.07) is 6.96. The highest BCUT2D eigenvalue weighted by molar-refractivity contribution is 9.11. The number of benzene rings is 1. The lowest BCUT2D eigenvalue weighted by atomic mass is 10.1. The normalized spacial score (nSPS) is 12.8. The van der Waals surface area contributed by atoms with Gasteiger partial charge >= 0.3 is 0 Å². The summed E-state index contributed by atoms with van der Waals surface area (Å²) >= 11 is 12.0. The van der Waals surface area contributed by atoms with E-state index in [-0.39, 0.29) is 10.6 Å². The van der Waals surface area contributed by atoms with Crippen LogP contribution in [0, 0.1) is 5.82 Å². The monoisotopic (exact) mass is 426 g/mol. The number of hydrogen-bond acceptors (Lipinski definition) is 1. The van der Waals surface area contributed by atoms with Gasteiger partial charge in [-0.1, -0.05) is 37.9 Å². The Labute approximate surface area is 122 Å². The molecule has 0 aliphatic carbocycles. The fourth-order valence-corrected chi connectivity index (χ4v) is 5.18. The smallest absolute Gasteiger partial charge is 0.129 e. The Balaban J connectivity index is 2.49. The molecule has 2 aromatic rings. The van der Waals surface area contributed by atoms with E-state index < -0.39 is 0 Å². The lowest BCUT2D eigenvalue weighted by molar-refractivity contribution is 0.612. The molecule has 1 aromatic carbocycles. The van der Waals surface area contributed by atoms with Crippen molar-refractivity contribution < 1.29 is 4.39 Å². The van der Waals surface area contributed by atoms with Crippen molar-refractivity contribution in [3.8, 4) is 0 Å². The summed E-state index contributed by atoms with van der Waals surface area (Å²) < 4.78 is 15.5. The zero-order chi connectivity index (χ0) is 11.7. The predicted molar refractivity (Wildman–Crippen MR) is 76.9 cm³/mol. The lowest BCUT2D eigenvalue weighted by Gasteiger charge is -2.12. The zero-order valence-corrected chi connectivity index (χ0v) is 13.5. The largest absolute Gasteiger partial charge is 0.207 e. The molecule has 0 fully saturated rings. The van der Waals surface area contributed by atoms with Crippen LogP contribution in [0.25, 0.3) is 0 Å². The Bertz CT molecular complexity index is 489. The molecular weight excluding hydrogens is 423 g/mol. The second kappa shape index (κ2) is 5.29. The molecule has 5 heteroatoms. The van der Waals surface area contributed by atoms with Crippen LogP contribution in [0.5, 0.6) is 0 Å². The Hall–Kier alpha value is 0.290. The van der Waals surface area contributed by atoms with Gasteiger partial charge in [0.15, 0.2) is 0 Å². The van der Waals surface area contributed by atoms with Gasteiger partial charge in [0.2, 0.25) is 0 Å². The summed E-state index contributed by atoms with van der Waals surface area (Å²) in [5, 5.41) is 1.97. The first-order valence-corrected chi connectivity index (χ1v) is 7.80. The number of hydrogen-bond donors (Lipinski definition) is 0. The molecule has 0 N–H and O–H groups in total. The molecular formula is C11H6Br3FS. The van der Waals surface area contributed by atoms with Crippen LogP contribution in [0.15, 0.2) is 38.6 Å². The molecule has 0 nitrogen and oxygen atoms in total. The quantitative estimate of drug-likeness (QED) is 0.522. The molecule has 0 aliphatic rings. The van der Waals surface area contributed by atoms with Crippen molar-refractivity contribution in [2.75, 3.05) is 0 Å². The zero-order valence-electron chi connectivity index (χ0n) is 7.88. The number of thiophene rings is 1. The van der Waals surface area contributed by atoms with Gasteiger partial charge in [-0.15, -0.1) is 11.3 Å². The van der Waals surface area contributed by atoms with Crippen LogP contribution < -0.4 is 0 Å². The van der Waals surface area contributed by atoms with Gasteiger partial charge in [0.05, 0.1) is 4.83 Å². The summed E-state index contributed by atoms with van der Waals surface area (Å²) in [5.74, 6) is -0.212. The highest BCUT2D eigenvalue weighted by Gasteiger charge is 2.20. The van der Waals surface area contributed by atoms with Crippen molar-refractivity contribution in [1.29, 1.82) is 0 Å². The van der Waals surface area contributed by atoms with Gasteiger partial charge in [-0.2, -0.15) is 0 Å². The molecule has 16 heavy (non-hydrogen) atoms. The van der Waals surface area contributed by atoms with E-state index in [0.717, 1.165) is 13.8 Å². The molecule has 0 aliphatic heterocycles. The average molecular weight is 429 g/mol. The van der Waals surface area contributed by atoms with Crippen LogP contribution in [0.1, 0.15) is 15.3 Å². The SMILES string of the molecule is Fc1cccc(Br)c1C(Br)c1sccc1Br. The maximum absolute atomic E-state index is 13.8. The van der Waals surface area contributed by atoms with Crippen molar-refractivity contribution >= 4 is 59.1 Å². The molecule has 1 atom stereocenters. The molecule has 1 aromatic heterocycles. The summed E-state index contributed by atoms with van der Waals surface area (Å²) in [6.45, 7) is 0. The lowest BCUT2D eigenvalue weighted by Crippen LogP contribution is -1.96. The van der Waals surface area contributed by atoms with Gasteiger partial charge in [0, 0.05) is 19.4 Å². The molecule has 0 saturated heterocycles. The third kappa shape index (κ3) is 2.42. The average Bonchev–Trinajstić information content (AvgIpc) is 2.64. The Morgan fingerprint density at radius 3 is 2.44 bits per heavy atom. The van der Waals surface area contributed by atoms with E-state index in [2.05, 4.69) is 47.8 Å². The molecule has 1 unspecified atom stereocenters. The number of halogens is 4. The van der Waals surface area contributed by atoms with E-state index in [4.69, 9.17) is 0 Å². The van der Waals surface area contributed by atoms with E-state index in [0.29, 0.717) is 5.56 Å². The molecule has 0 amide bonds. The summed E-state index contributed by atoms with van der Waals surface area (Å²) in [6.07, 6.45) is 0. The van der Waals surface area contributed by atoms with Gasteiger partial charge < -0.3 is 0 Å². The first-order chi connectivity index (χ1) is 7.61. The summed E-state index contributed by atoms with van der Waals surface area (Å²) in [4.78, 5) is 0.920. The molecule has 0 bridgehead atoms. The van der Waals surface area contributed by atoms with Crippen molar-refractivity contribution in [1.82, 2.24) is 0 Å². The van der Waals surface area contributed by atoms with Crippen LogP contribution in [0.3, 0.4) is 0 Å². The van der Waals surface area contributed by atoms with Crippen LogP contribution in [0.2, 0.25) is 0 Å².